The Kier molecular flexibility index (Phi) is 3.71. The first kappa shape index (κ1) is 17.5. The van der Waals surface area contributed by atoms with Crippen LogP contribution in [-0.2, 0) is 19.4 Å². The van der Waals surface area contributed by atoms with E-state index in [1.54, 1.807) is 0 Å². The quantitative estimate of drug-likeness (QED) is 0.625. The number of β-lactam (4-membered cyclic amide) rings is 1. The number of hydrogen-bond acceptors (Lipinski definition) is 5. The molecule has 2 fully saturated rings. The van der Waals surface area contributed by atoms with Crippen LogP contribution in [-0.4, -0.2) is 57.9 Å². The van der Waals surface area contributed by atoms with E-state index in [1.165, 1.54) is 38.2 Å². The summed E-state index contributed by atoms with van der Waals surface area (Å²) >= 11 is 0. The minimum Gasteiger partial charge on any atom is -0.480 e. The van der Waals surface area contributed by atoms with Crippen LogP contribution in [0.2, 0.25) is 0 Å². The fourth-order valence-corrected chi connectivity index (χ4v) is 5.47. The minimum atomic E-state index is -4.22. The standard InChI is InChI=1S/C15H14F2N2O5S/c1-15(2)10(14(21)22)19-12(20)9(13(19)25(15,23)24)8(11(16)17)7-5-3-4-6-18-7/h3-6,10-11,13H,1-2H3,(H,21,22)/t10-,13+/m0/s1. The summed E-state index contributed by atoms with van der Waals surface area (Å²) in [5.41, 5.74) is -1.60. The zero-order chi connectivity index (χ0) is 18.7. The van der Waals surface area contributed by atoms with E-state index >= 15 is 0 Å². The van der Waals surface area contributed by atoms with Gasteiger partial charge in [-0.1, -0.05) is 6.07 Å². The maximum Gasteiger partial charge on any atom is 0.328 e. The molecule has 1 amide bonds. The van der Waals surface area contributed by atoms with Gasteiger partial charge in [-0.25, -0.2) is 22.0 Å². The summed E-state index contributed by atoms with van der Waals surface area (Å²) in [5, 5.41) is 7.63. The highest BCUT2D eigenvalue weighted by molar-refractivity contribution is 7.94. The number of carboxylic acid groups (broad SMARTS) is 1. The van der Waals surface area contributed by atoms with E-state index in [1.807, 2.05) is 0 Å². The Morgan fingerprint density at radius 2 is 2.00 bits per heavy atom. The molecule has 1 N–H and O–H groups in total. The van der Waals surface area contributed by atoms with Gasteiger partial charge in [-0.15, -0.1) is 0 Å². The number of allylic oxidation sites excluding steroid dienone is 1. The lowest BCUT2D eigenvalue weighted by Gasteiger charge is -2.39. The molecule has 2 aliphatic rings. The third kappa shape index (κ3) is 2.13. The average Bonchev–Trinajstić information content (AvgIpc) is 2.66. The summed E-state index contributed by atoms with van der Waals surface area (Å²) in [5.74, 6) is -2.52. The molecule has 0 spiro atoms. The van der Waals surface area contributed by atoms with Crippen LogP contribution < -0.4 is 0 Å². The van der Waals surface area contributed by atoms with E-state index in [-0.39, 0.29) is 5.69 Å². The van der Waals surface area contributed by atoms with E-state index in [0.717, 1.165) is 0 Å². The number of alkyl halides is 2. The number of carbonyl (C=O) groups is 2. The van der Waals surface area contributed by atoms with Crippen molar-refractivity contribution in [2.24, 2.45) is 0 Å². The first-order chi connectivity index (χ1) is 11.5. The van der Waals surface area contributed by atoms with Crippen LogP contribution in [0.4, 0.5) is 8.78 Å². The van der Waals surface area contributed by atoms with Gasteiger partial charge in [0, 0.05) is 6.20 Å². The molecule has 7 nitrogen and oxygen atoms in total. The van der Waals surface area contributed by atoms with Gasteiger partial charge in [-0.05, 0) is 26.0 Å². The Morgan fingerprint density at radius 1 is 1.36 bits per heavy atom. The van der Waals surface area contributed by atoms with Gasteiger partial charge < -0.3 is 10.0 Å². The number of carbonyl (C=O) groups excluding carboxylic acids is 1. The molecule has 25 heavy (non-hydrogen) atoms. The van der Waals surface area contributed by atoms with Crippen LogP contribution in [0.5, 0.6) is 0 Å². The van der Waals surface area contributed by atoms with Crippen molar-refractivity contribution >= 4 is 27.3 Å². The molecule has 0 bridgehead atoms. The van der Waals surface area contributed by atoms with Crippen molar-refractivity contribution in [2.75, 3.05) is 0 Å². The molecule has 134 valence electrons. The second kappa shape index (κ2) is 5.32. The monoisotopic (exact) mass is 372 g/mol. The molecular formula is C15H14F2N2O5S. The van der Waals surface area contributed by atoms with Gasteiger partial charge in [0.25, 0.3) is 12.3 Å². The molecular weight excluding hydrogens is 358 g/mol. The molecule has 0 saturated carbocycles. The van der Waals surface area contributed by atoms with Crippen molar-refractivity contribution in [3.63, 3.8) is 0 Å². The summed E-state index contributed by atoms with van der Waals surface area (Å²) in [7, 11) is -4.22. The summed E-state index contributed by atoms with van der Waals surface area (Å²) in [6.07, 6.45) is -1.90. The number of fused-ring (bicyclic) bond motifs is 1. The van der Waals surface area contributed by atoms with Crippen molar-refractivity contribution in [3.05, 3.63) is 35.7 Å². The highest BCUT2D eigenvalue weighted by Crippen LogP contribution is 2.50. The highest BCUT2D eigenvalue weighted by Gasteiger charge is 2.71. The van der Waals surface area contributed by atoms with E-state index in [0.29, 0.717) is 4.90 Å². The third-order valence-electron chi connectivity index (χ3n) is 4.61. The molecule has 2 aliphatic heterocycles. The van der Waals surface area contributed by atoms with Crippen molar-refractivity contribution in [1.82, 2.24) is 9.88 Å². The van der Waals surface area contributed by atoms with Gasteiger partial charge in [0.15, 0.2) is 21.3 Å². The Morgan fingerprint density at radius 3 is 2.48 bits per heavy atom. The Hall–Kier alpha value is -2.36. The van der Waals surface area contributed by atoms with E-state index in [4.69, 9.17) is 0 Å². The number of pyridine rings is 1. The predicted molar refractivity (Wildman–Crippen MR) is 82.2 cm³/mol. The molecule has 2 atom stereocenters. The second-order valence-corrected chi connectivity index (χ2v) is 8.89. The zero-order valence-electron chi connectivity index (χ0n) is 13.2. The van der Waals surface area contributed by atoms with Crippen molar-refractivity contribution in [2.45, 2.75) is 36.4 Å². The van der Waals surface area contributed by atoms with Crippen molar-refractivity contribution in [1.29, 1.82) is 0 Å². The third-order valence-corrected chi connectivity index (χ3v) is 7.35. The molecule has 1 aromatic rings. The topological polar surface area (TPSA) is 105 Å². The van der Waals surface area contributed by atoms with Crippen LogP contribution in [0.25, 0.3) is 5.57 Å². The van der Waals surface area contributed by atoms with Crippen molar-refractivity contribution in [3.8, 4) is 0 Å². The largest absolute Gasteiger partial charge is 0.480 e. The van der Waals surface area contributed by atoms with E-state index < -0.39 is 55.4 Å². The smallest absolute Gasteiger partial charge is 0.328 e. The van der Waals surface area contributed by atoms with E-state index in [9.17, 15) is 31.9 Å². The van der Waals surface area contributed by atoms with Crippen LogP contribution in [0, 0.1) is 0 Å². The van der Waals surface area contributed by atoms with E-state index in [2.05, 4.69) is 4.98 Å². The molecule has 0 unspecified atom stereocenters. The Balaban J connectivity index is 2.25. The normalized spacial score (nSPS) is 28.5. The van der Waals surface area contributed by atoms with Crippen LogP contribution in [0.3, 0.4) is 0 Å². The Labute approximate surface area is 141 Å². The average molecular weight is 372 g/mol. The number of halogens is 2. The molecule has 0 aromatic carbocycles. The summed E-state index contributed by atoms with van der Waals surface area (Å²) in [6, 6.07) is 2.52. The SMILES string of the molecule is CC1(C)[C@H](C(=O)O)N2C(=O)C(=C(c3ccccn3)C(F)F)[C@H]2S1(=O)=O. The molecule has 3 rings (SSSR count). The molecule has 3 heterocycles. The van der Waals surface area contributed by atoms with Crippen molar-refractivity contribution < 1.29 is 31.9 Å². The van der Waals surface area contributed by atoms with Crippen LogP contribution in [0.15, 0.2) is 30.0 Å². The zero-order valence-corrected chi connectivity index (χ0v) is 14.0. The maximum absolute atomic E-state index is 13.6. The lowest BCUT2D eigenvalue weighted by Crippen LogP contribution is -2.59. The van der Waals surface area contributed by atoms with Crippen LogP contribution >= 0.6 is 0 Å². The number of aliphatic carboxylic acids is 1. The summed E-state index contributed by atoms with van der Waals surface area (Å²) in [4.78, 5) is 28.3. The molecule has 1 aromatic heterocycles. The number of nitrogens with zero attached hydrogens (tertiary/aromatic N) is 2. The van der Waals surface area contributed by atoms with Gasteiger partial charge in [-0.2, -0.15) is 0 Å². The molecule has 0 aliphatic carbocycles. The summed E-state index contributed by atoms with van der Waals surface area (Å²) in [6.45, 7) is 2.35. The molecule has 0 radical (unpaired) electrons. The van der Waals surface area contributed by atoms with Gasteiger partial charge in [0.2, 0.25) is 0 Å². The predicted octanol–water partition coefficient (Wildman–Crippen LogP) is 0.929. The summed E-state index contributed by atoms with van der Waals surface area (Å²) < 4.78 is 50.9. The lowest BCUT2D eigenvalue weighted by atomic mass is 9.91. The minimum absolute atomic E-state index is 0.215. The maximum atomic E-state index is 13.6. The molecule has 2 saturated heterocycles. The Bertz CT molecular complexity index is 896. The first-order valence-electron chi connectivity index (χ1n) is 7.26. The van der Waals surface area contributed by atoms with Gasteiger partial charge >= 0.3 is 5.97 Å². The van der Waals surface area contributed by atoms with Crippen LogP contribution in [0.1, 0.15) is 19.5 Å². The number of rotatable bonds is 3. The second-order valence-electron chi connectivity index (χ2n) is 6.30. The fraction of sp³-hybridized carbons (Fsp3) is 0.400. The van der Waals surface area contributed by atoms with Gasteiger partial charge in [0.1, 0.15) is 4.75 Å². The van der Waals surface area contributed by atoms with Gasteiger partial charge in [0.05, 0.1) is 16.8 Å². The fourth-order valence-electron chi connectivity index (χ4n) is 3.31. The first-order valence-corrected chi connectivity index (χ1v) is 8.80. The lowest BCUT2D eigenvalue weighted by molar-refractivity contribution is -0.152. The number of hydrogen-bond donors (Lipinski definition) is 1. The molecule has 10 heteroatoms. The number of aromatic nitrogens is 1. The number of sulfone groups is 1. The van der Waals surface area contributed by atoms with Gasteiger partial charge in [-0.3, -0.25) is 9.78 Å². The number of amides is 1. The highest BCUT2D eigenvalue weighted by atomic mass is 32.2. The number of carboxylic acids is 1.